The van der Waals surface area contributed by atoms with Gasteiger partial charge in [0.2, 0.25) is 0 Å². The first-order valence-corrected chi connectivity index (χ1v) is 14.2. The molecule has 1 spiro atoms. The molecule has 0 radical (unpaired) electrons. The van der Waals surface area contributed by atoms with Crippen molar-refractivity contribution in [3.63, 3.8) is 0 Å². The predicted octanol–water partition coefficient (Wildman–Crippen LogP) is 8.02. The van der Waals surface area contributed by atoms with E-state index in [0.29, 0.717) is 16.7 Å². The Balaban J connectivity index is 1.35. The Morgan fingerprint density at radius 2 is 1.69 bits per heavy atom. The molecule has 4 aliphatic carbocycles. The first kappa shape index (κ1) is 23.4. The van der Waals surface area contributed by atoms with E-state index in [0.717, 1.165) is 61.6 Å². The number of fused-ring (bicyclic) bond motifs is 5. The summed E-state index contributed by atoms with van der Waals surface area (Å²) in [6.07, 6.45) is 16.2. The van der Waals surface area contributed by atoms with E-state index in [1.54, 1.807) is 5.57 Å². The van der Waals surface area contributed by atoms with Crippen LogP contribution in [-0.2, 0) is 9.47 Å². The van der Waals surface area contributed by atoms with Crippen LogP contribution in [-0.4, -0.2) is 19.0 Å². The molecule has 0 aromatic carbocycles. The summed E-state index contributed by atoms with van der Waals surface area (Å²) < 4.78 is 12.3. The maximum absolute atomic E-state index is 6.16. The minimum absolute atomic E-state index is 0.287. The summed E-state index contributed by atoms with van der Waals surface area (Å²) >= 11 is 0. The Bertz CT molecular complexity index is 718. The lowest BCUT2D eigenvalue weighted by molar-refractivity contribution is -0.187. The van der Waals surface area contributed by atoms with Crippen molar-refractivity contribution in [1.29, 1.82) is 0 Å². The molecule has 1 aliphatic heterocycles. The van der Waals surface area contributed by atoms with Gasteiger partial charge in [-0.25, -0.2) is 0 Å². The van der Waals surface area contributed by atoms with Gasteiger partial charge in [0.1, 0.15) is 0 Å². The zero-order valence-electron chi connectivity index (χ0n) is 21.9. The van der Waals surface area contributed by atoms with Crippen molar-refractivity contribution < 1.29 is 9.47 Å². The Morgan fingerprint density at radius 1 is 0.938 bits per heavy atom. The number of hydrogen-bond donors (Lipinski definition) is 0. The van der Waals surface area contributed by atoms with Gasteiger partial charge in [-0.15, -0.1) is 0 Å². The second-order valence-electron chi connectivity index (χ2n) is 13.6. The molecule has 3 saturated carbocycles. The zero-order chi connectivity index (χ0) is 22.7. The predicted molar refractivity (Wildman–Crippen MR) is 132 cm³/mol. The van der Waals surface area contributed by atoms with Gasteiger partial charge in [-0.2, -0.15) is 0 Å². The normalized spacial score (nSPS) is 46.0. The Hall–Kier alpha value is -0.340. The lowest BCUT2D eigenvalue weighted by Crippen LogP contribution is -2.54. The minimum Gasteiger partial charge on any atom is -0.347 e. The van der Waals surface area contributed by atoms with Crippen LogP contribution in [0, 0.1) is 52.3 Å². The number of ether oxygens (including phenoxy) is 2. The Labute approximate surface area is 198 Å². The molecule has 4 fully saturated rings. The van der Waals surface area contributed by atoms with Crippen LogP contribution in [0.2, 0.25) is 0 Å². The van der Waals surface area contributed by atoms with Crippen LogP contribution in [0.3, 0.4) is 0 Å². The molecule has 0 N–H and O–H groups in total. The molecule has 182 valence electrons. The van der Waals surface area contributed by atoms with Gasteiger partial charge in [-0.05, 0) is 84.4 Å². The highest BCUT2D eigenvalue weighted by Crippen LogP contribution is 2.69. The molecular weight excluding hydrogens is 392 g/mol. The molecule has 1 heterocycles. The van der Waals surface area contributed by atoms with E-state index in [-0.39, 0.29) is 5.79 Å². The highest BCUT2D eigenvalue weighted by molar-refractivity contribution is 5.28. The quantitative estimate of drug-likeness (QED) is 0.401. The summed E-state index contributed by atoms with van der Waals surface area (Å²) in [4.78, 5) is 0. The van der Waals surface area contributed by atoms with Gasteiger partial charge in [0.25, 0.3) is 0 Å². The molecule has 2 nitrogen and oxygen atoms in total. The standard InChI is InChI=1S/C30H50O2/c1-20(2)8-7-9-21(3)24-10-11-25-27-22(4)18-23-19-30(31-16-17-32-30)15-14-28(23,5)26(27)12-13-29(24,25)6/h18,20-22,24-27H,7-17,19H2,1-6H3/t21-,22+,24-,25+,26+,27+,28+,29-/m1/s1. The minimum atomic E-state index is -0.287. The van der Waals surface area contributed by atoms with E-state index < -0.39 is 0 Å². The third-order valence-corrected chi connectivity index (χ3v) is 11.5. The first-order chi connectivity index (χ1) is 15.2. The smallest absolute Gasteiger partial charge is 0.172 e. The van der Waals surface area contributed by atoms with Gasteiger partial charge in [0, 0.05) is 12.8 Å². The van der Waals surface area contributed by atoms with Crippen molar-refractivity contribution in [1.82, 2.24) is 0 Å². The monoisotopic (exact) mass is 442 g/mol. The molecule has 0 amide bonds. The molecule has 1 saturated heterocycles. The highest BCUT2D eigenvalue weighted by atomic mass is 16.7. The average molecular weight is 443 g/mol. The molecular formula is C30H50O2. The van der Waals surface area contributed by atoms with Crippen molar-refractivity contribution in [2.75, 3.05) is 13.2 Å². The lowest BCUT2D eigenvalue weighted by Gasteiger charge is -2.60. The van der Waals surface area contributed by atoms with Crippen LogP contribution < -0.4 is 0 Å². The van der Waals surface area contributed by atoms with E-state index in [1.165, 1.54) is 51.4 Å². The van der Waals surface area contributed by atoms with Crippen LogP contribution in [0.15, 0.2) is 11.6 Å². The molecule has 0 bridgehead atoms. The van der Waals surface area contributed by atoms with Crippen LogP contribution in [0.25, 0.3) is 0 Å². The number of allylic oxidation sites excluding steroid dienone is 1. The van der Waals surface area contributed by atoms with Gasteiger partial charge in [0.15, 0.2) is 5.79 Å². The van der Waals surface area contributed by atoms with E-state index in [4.69, 9.17) is 9.47 Å². The fraction of sp³-hybridized carbons (Fsp3) is 0.933. The summed E-state index contributed by atoms with van der Waals surface area (Å²) in [5.41, 5.74) is 2.63. The molecule has 0 aromatic heterocycles. The van der Waals surface area contributed by atoms with Gasteiger partial charge >= 0.3 is 0 Å². The van der Waals surface area contributed by atoms with Crippen LogP contribution in [0.5, 0.6) is 0 Å². The lowest BCUT2D eigenvalue weighted by atomic mass is 9.45. The van der Waals surface area contributed by atoms with Crippen molar-refractivity contribution >= 4 is 0 Å². The van der Waals surface area contributed by atoms with Gasteiger partial charge in [-0.3, -0.25) is 0 Å². The van der Waals surface area contributed by atoms with E-state index >= 15 is 0 Å². The van der Waals surface area contributed by atoms with E-state index in [9.17, 15) is 0 Å². The van der Waals surface area contributed by atoms with Crippen molar-refractivity contribution in [2.24, 2.45) is 52.3 Å². The SMILES string of the molecule is CC(C)CCC[C@@H](C)[C@H]1CC[C@H]2[C@@H]3[C@@H](C)C=C4CC5(CC[C@]4(C)[C@H]3CC[C@]12C)OCCO5. The van der Waals surface area contributed by atoms with Crippen LogP contribution in [0.4, 0.5) is 0 Å². The molecule has 5 rings (SSSR count). The highest BCUT2D eigenvalue weighted by Gasteiger charge is 2.61. The van der Waals surface area contributed by atoms with Crippen molar-refractivity contribution in [3.8, 4) is 0 Å². The summed E-state index contributed by atoms with van der Waals surface area (Å²) in [6.45, 7) is 16.8. The van der Waals surface area contributed by atoms with Gasteiger partial charge in [-0.1, -0.05) is 72.5 Å². The van der Waals surface area contributed by atoms with Crippen molar-refractivity contribution in [2.45, 2.75) is 112 Å². The largest absolute Gasteiger partial charge is 0.347 e. The maximum atomic E-state index is 6.16. The third kappa shape index (κ3) is 3.65. The fourth-order valence-electron chi connectivity index (χ4n) is 9.73. The molecule has 32 heavy (non-hydrogen) atoms. The number of hydrogen-bond acceptors (Lipinski definition) is 2. The maximum Gasteiger partial charge on any atom is 0.172 e. The average Bonchev–Trinajstić information content (AvgIpc) is 3.33. The molecule has 2 heteroatoms. The molecule has 0 unspecified atom stereocenters. The molecule has 5 aliphatic rings. The topological polar surface area (TPSA) is 18.5 Å². The molecule has 0 aromatic rings. The van der Waals surface area contributed by atoms with Crippen molar-refractivity contribution in [3.05, 3.63) is 11.6 Å². The fourth-order valence-corrected chi connectivity index (χ4v) is 9.73. The first-order valence-electron chi connectivity index (χ1n) is 14.2. The van der Waals surface area contributed by atoms with Gasteiger partial charge in [0.05, 0.1) is 13.2 Å². The summed E-state index contributed by atoms with van der Waals surface area (Å²) in [5, 5.41) is 0. The summed E-state index contributed by atoms with van der Waals surface area (Å²) in [7, 11) is 0. The summed E-state index contributed by atoms with van der Waals surface area (Å²) in [6, 6.07) is 0. The van der Waals surface area contributed by atoms with E-state index in [1.807, 2.05) is 0 Å². The second-order valence-corrected chi connectivity index (χ2v) is 13.6. The Kier molecular flexibility index (Phi) is 6.14. The number of rotatable bonds is 5. The molecule has 8 atom stereocenters. The second kappa shape index (κ2) is 8.40. The Morgan fingerprint density at radius 3 is 2.41 bits per heavy atom. The van der Waals surface area contributed by atoms with E-state index in [2.05, 4.69) is 47.6 Å². The van der Waals surface area contributed by atoms with Crippen LogP contribution in [0.1, 0.15) is 106 Å². The van der Waals surface area contributed by atoms with Crippen LogP contribution >= 0.6 is 0 Å². The zero-order valence-corrected chi connectivity index (χ0v) is 21.9. The van der Waals surface area contributed by atoms with Gasteiger partial charge < -0.3 is 9.47 Å². The summed E-state index contributed by atoms with van der Waals surface area (Å²) in [5.74, 6) is 5.79. The third-order valence-electron chi connectivity index (χ3n) is 11.5.